The molecule has 0 bridgehead atoms. The van der Waals surface area contributed by atoms with Crippen LogP contribution in [0.4, 0.5) is 0 Å². The Morgan fingerprint density at radius 1 is 1.20 bits per heavy atom. The fraction of sp³-hybridized carbons (Fsp3) is 0.938. The van der Waals surface area contributed by atoms with Gasteiger partial charge in [0, 0.05) is 25.7 Å². The van der Waals surface area contributed by atoms with Crippen LogP contribution in [-0.2, 0) is 4.79 Å². The highest BCUT2D eigenvalue weighted by molar-refractivity contribution is 5.69. The molecular formula is C16H30N2O2. The molecule has 0 aromatic heterocycles. The number of carboxylic acids is 1. The first-order valence-electron chi connectivity index (χ1n) is 8.36. The molecule has 1 heterocycles. The number of piperidine rings is 1. The lowest BCUT2D eigenvalue weighted by atomic mass is 10.1. The molecule has 2 fully saturated rings. The van der Waals surface area contributed by atoms with E-state index in [-0.39, 0.29) is 5.92 Å². The molecule has 1 aliphatic heterocycles. The Bertz CT molecular complexity index is 297. The van der Waals surface area contributed by atoms with Crippen LogP contribution in [0.1, 0.15) is 51.9 Å². The lowest BCUT2D eigenvalue weighted by Gasteiger charge is -2.34. The summed E-state index contributed by atoms with van der Waals surface area (Å²) >= 11 is 0. The number of carbonyl (C=O) groups is 1. The van der Waals surface area contributed by atoms with E-state index < -0.39 is 5.97 Å². The number of likely N-dealkylation sites (tertiary alicyclic amines) is 1. The number of carboxylic acid groups (broad SMARTS) is 1. The molecule has 4 heteroatoms. The van der Waals surface area contributed by atoms with Gasteiger partial charge in [-0.1, -0.05) is 26.2 Å². The van der Waals surface area contributed by atoms with E-state index >= 15 is 0 Å². The monoisotopic (exact) mass is 282 g/mol. The third-order valence-corrected chi connectivity index (χ3v) is 4.92. The van der Waals surface area contributed by atoms with E-state index in [1.165, 1.54) is 58.0 Å². The molecule has 0 aromatic rings. The van der Waals surface area contributed by atoms with E-state index in [1.54, 1.807) is 0 Å². The predicted octanol–water partition coefficient (Wildman–Crippen LogP) is 2.44. The molecule has 1 atom stereocenters. The largest absolute Gasteiger partial charge is 0.481 e. The van der Waals surface area contributed by atoms with Crippen LogP contribution >= 0.6 is 0 Å². The zero-order chi connectivity index (χ0) is 14.4. The summed E-state index contributed by atoms with van der Waals surface area (Å²) in [6, 6.07) is 0.626. The molecule has 2 aliphatic rings. The van der Waals surface area contributed by atoms with Gasteiger partial charge in [-0.25, -0.2) is 0 Å². The second-order valence-corrected chi connectivity index (χ2v) is 6.57. The topological polar surface area (TPSA) is 43.8 Å². The van der Waals surface area contributed by atoms with Crippen LogP contribution in [0, 0.1) is 5.92 Å². The number of aliphatic carboxylic acids is 1. The molecule has 20 heavy (non-hydrogen) atoms. The van der Waals surface area contributed by atoms with Crippen molar-refractivity contribution in [2.75, 3.05) is 32.7 Å². The van der Waals surface area contributed by atoms with Crippen molar-refractivity contribution in [2.45, 2.75) is 57.9 Å². The van der Waals surface area contributed by atoms with Crippen LogP contribution in [0.25, 0.3) is 0 Å². The van der Waals surface area contributed by atoms with E-state index in [9.17, 15) is 4.79 Å². The highest BCUT2D eigenvalue weighted by Gasteiger charge is 2.26. The minimum atomic E-state index is -0.661. The average molecular weight is 282 g/mol. The van der Waals surface area contributed by atoms with E-state index in [0.717, 1.165) is 13.1 Å². The van der Waals surface area contributed by atoms with Gasteiger partial charge in [-0.05, 0) is 38.8 Å². The molecule has 0 spiro atoms. The summed E-state index contributed by atoms with van der Waals surface area (Å²) in [5, 5.41) is 9.15. The normalized spacial score (nSPS) is 23.3. The summed E-state index contributed by atoms with van der Waals surface area (Å²) in [4.78, 5) is 16.1. The maximum atomic E-state index is 11.1. The highest BCUT2D eigenvalue weighted by Crippen LogP contribution is 2.24. The Hall–Kier alpha value is -0.610. The molecule has 1 aliphatic carbocycles. The molecule has 1 unspecified atom stereocenters. The summed E-state index contributed by atoms with van der Waals surface area (Å²) in [7, 11) is 0. The van der Waals surface area contributed by atoms with Crippen molar-refractivity contribution in [3.05, 3.63) is 0 Å². The predicted molar refractivity (Wildman–Crippen MR) is 80.9 cm³/mol. The molecule has 2 rings (SSSR count). The lowest BCUT2D eigenvalue weighted by molar-refractivity contribution is -0.142. The van der Waals surface area contributed by atoms with Gasteiger partial charge in [-0.2, -0.15) is 0 Å². The Balaban J connectivity index is 1.82. The van der Waals surface area contributed by atoms with Gasteiger partial charge >= 0.3 is 5.97 Å². The minimum Gasteiger partial charge on any atom is -0.481 e. The number of hydrogen-bond donors (Lipinski definition) is 1. The van der Waals surface area contributed by atoms with Gasteiger partial charge in [0.15, 0.2) is 0 Å². The molecule has 0 aromatic carbocycles. The molecule has 116 valence electrons. The SMILES string of the molecule is CC(CN(CCN1CCCCC1)C1CCCC1)C(=O)O. The van der Waals surface area contributed by atoms with Crippen LogP contribution in [0.2, 0.25) is 0 Å². The highest BCUT2D eigenvalue weighted by atomic mass is 16.4. The van der Waals surface area contributed by atoms with E-state index in [4.69, 9.17) is 5.11 Å². The van der Waals surface area contributed by atoms with Crippen LogP contribution in [0.5, 0.6) is 0 Å². The Labute approximate surface area is 123 Å². The molecule has 0 radical (unpaired) electrons. The van der Waals surface area contributed by atoms with E-state index in [1.807, 2.05) is 6.92 Å². The quantitative estimate of drug-likeness (QED) is 0.779. The van der Waals surface area contributed by atoms with E-state index in [2.05, 4.69) is 9.80 Å². The fourth-order valence-corrected chi connectivity index (χ4v) is 3.58. The molecule has 1 saturated heterocycles. The molecule has 0 amide bonds. The zero-order valence-electron chi connectivity index (χ0n) is 12.9. The number of nitrogens with zero attached hydrogens (tertiary/aromatic N) is 2. The Kier molecular flexibility index (Phi) is 6.30. The van der Waals surface area contributed by atoms with Crippen LogP contribution in [-0.4, -0.2) is 59.6 Å². The van der Waals surface area contributed by atoms with Crippen LogP contribution in [0.15, 0.2) is 0 Å². The maximum absolute atomic E-state index is 11.1. The first-order valence-corrected chi connectivity index (χ1v) is 8.36. The smallest absolute Gasteiger partial charge is 0.307 e. The second-order valence-electron chi connectivity index (χ2n) is 6.57. The summed E-state index contributed by atoms with van der Waals surface area (Å²) < 4.78 is 0. The van der Waals surface area contributed by atoms with Crippen molar-refractivity contribution < 1.29 is 9.90 Å². The van der Waals surface area contributed by atoms with Gasteiger partial charge in [0.05, 0.1) is 5.92 Å². The Morgan fingerprint density at radius 2 is 1.85 bits per heavy atom. The second kappa shape index (κ2) is 7.99. The van der Waals surface area contributed by atoms with Gasteiger partial charge in [-0.15, -0.1) is 0 Å². The van der Waals surface area contributed by atoms with Crippen molar-refractivity contribution in [1.29, 1.82) is 0 Å². The van der Waals surface area contributed by atoms with Gasteiger partial charge < -0.3 is 10.0 Å². The van der Waals surface area contributed by atoms with Gasteiger partial charge in [0.25, 0.3) is 0 Å². The Morgan fingerprint density at radius 3 is 2.45 bits per heavy atom. The standard InChI is InChI=1S/C16H30N2O2/c1-14(16(19)20)13-18(15-7-3-4-8-15)12-11-17-9-5-2-6-10-17/h14-15H,2-13H2,1H3,(H,19,20). The number of rotatable bonds is 7. The summed E-state index contributed by atoms with van der Waals surface area (Å²) in [5.41, 5.74) is 0. The van der Waals surface area contributed by atoms with Crippen molar-refractivity contribution in [1.82, 2.24) is 9.80 Å². The summed E-state index contributed by atoms with van der Waals surface area (Å²) in [6.45, 7) is 7.17. The van der Waals surface area contributed by atoms with Crippen molar-refractivity contribution in [3.63, 3.8) is 0 Å². The first kappa shape index (κ1) is 15.8. The van der Waals surface area contributed by atoms with Gasteiger partial charge in [0.2, 0.25) is 0 Å². The van der Waals surface area contributed by atoms with Crippen molar-refractivity contribution in [2.24, 2.45) is 5.92 Å². The van der Waals surface area contributed by atoms with E-state index in [0.29, 0.717) is 12.6 Å². The number of hydrogen-bond acceptors (Lipinski definition) is 3. The minimum absolute atomic E-state index is 0.253. The summed E-state index contributed by atoms with van der Waals surface area (Å²) in [5.74, 6) is -0.914. The zero-order valence-corrected chi connectivity index (χ0v) is 12.9. The maximum Gasteiger partial charge on any atom is 0.307 e. The van der Waals surface area contributed by atoms with Crippen molar-refractivity contribution in [3.8, 4) is 0 Å². The first-order chi connectivity index (χ1) is 9.66. The molecule has 4 nitrogen and oxygen atoms in total. The average Bonchev–Trinajstić information content (AvgIpc) is 2.98. The third-order valence-electron chi connectivity index (χ3n) is 4.92. The molecular weight excluding hydrogens is 252 g/mol. The lowest BCUT2D eigenvalue weighted by Crippen LogP contribution is -2.44. The van der Waals surface area contributed by atoms with Gasteiger partial charge in [-0.3, -0.25) is 9.69 Å². The van der Waals surface area contributed by atoms with Crippen LogP contribution in [0.3, 0.4) is 0 Å². The summed E-state index contributed by atoms with van der Waals surface area (Å²) in [6.07, 6.45) is 9.17. The third kappa shape index (κ3) is 4.74. The van der Waals surface area contributed by atoms with Crippen molar-refractivity contribution >= 4 is 5.97 Å². The fourth-order valence-electron chi connectivity index (χ4n) is 3.58. The van der Waals surface area contributed by atoms with Gasteiger partial charge in [0.1, 0.15) is 0 Å². The molecule has 1 N–H and O–H groups in total. The van der Waals surface area contributed by atoms with Crippen LogP contribution < -0.4 is 0 Å². The molecule has 1 saturated carbocycles.